The fourth-order valence-electron chi connectivity index (χ4n) is 3.38. The first-order valence-electron chi connectivity index (χ1n) is 9.02. The Hall–Kier alpha value is -1.64. The Balaban J connectivity index is 0.00000100. The van der Waals surface area contributed by atoms with Gasteiger partial charge in [-0.2, -0.15) is 0 Å². The molecular weight excluding hydrogens is 296 g/mol. The van der Waals surface area contributed by atoms with Gasteiger partial charge in [0, 0.05) is 12.5 Å². The van der Waals surface area contributed by atoms with E-state index in [1.807, 2.05) is 19.9 Å². The number of benzene rings is 2. The number of aliphatic hydroxyl groups excluding tert-OH is 1. The summed E-state index contributed by atoms with van der Waals surface area (Å²) >= 11 is 0. The van der Waals surface area contributed by atoms with Crippen molar-refractivity contribution < 1.29 is 9.84 Å². The monoisotopic (exact) mass is 326 g/mol. The average Bonchev–Trinajstić information content (AvgIpc) is 3.02. The lowest BCUT2D eigenvalue weighted by atomic mass is 9.84. The van der Waals surface area contributed by atoms with Crippen molar-refractivity contribution in [2.75, 3.05) is 13.2 Å². The van der Waals surface area contributed by atoms with Crippen molar-refractivity contribution in [3.8, 4) is 0 Å². The van der Waals surface area contributed by atoms with Gasteiger partial charge in [0.15, 0.2) is 0 Å². The Kier molecular flexibility index (Phi) is 7.01. The highest BCUT2D eigenvalue weighted by atomic mass is 16.5. The third kappa shape index (κ3) is 4.25. The minimum atomic E-state index is 0.0120. The molecule has 1 saturated heterocycles. The van der Waals surface area contributed by atoms with Crippen LogP contribution in [-0.2, 0) is 11.2 Å². The van der Waals surface area contributed by atoms with Crippen molar-refractivity contribution in [2.24, 2.45) is 11.8 Å². The van der Waals surface area contributed by atoms with Crippen LogP contribution in [0.25, 0.3) is 0 Å². The van der Waals surface area contributed by atoms with E-state index in [1.165, 1.54) is 22.3 Å². The predicted molar refractivity (Wildman–Crippen MR) is 100 cm³/mol. The quantitative estimate of drug-likeness (QED) is 0.868. The summed E-state index contributed by atoms with van der Waals surface area (Å²) in [6, 6.07) is 17.0. The SMILES string of the molecule is CC.Cc1ccc(C2OC[C@H](Cc3ccccc3)[C@@H]2CO)cc1C. The number of rotatable bonds is 4. The normalized spacial score (nSPS) is 22.8. The lowest BCUT2D eigenvalue weighted by molar-refractivity contribution is 0.0718. The summed E-state index contributed by atoms with van der Waals surface area (Å²) < 4.78 is 6.06. The van der Waals surface area contributed by atoms with Crippen LogP contribution in [-0.4, -0.2) is 18.3 Å². The summed E-state index contributed by atoms with van der Waals surface area (Å²) in [4.78, 5) is 0. The van der Waals surface area contributed by atoms with Gasteiger partial charge in [0.2, 0.25) is 0 Å². The number of hydrogen-bond donors (Lipinski definition) is 1. The van der Waals surface area contributed by atoms with Crippen LogP contribution in [0.2, 0.25) is 0 Å². The molecule has 2 heteroatoms. The Morgan fingerprint density at radius 2 is 1.71 bits per heavy atom. The van der Waals surface area contributed by atoms with Gasteiger partial charge in [0.05, 0.1) is 12.7 Å². The molecule has 0 bridgehead atoms. The van der Waals surface area contributed by atoms with Crippen LogP contribution < -0.4 is 0 Å². The smallest absolute Gasteiger partial charge is 0.0878 e. The lowest BCUT2D eigenvalue weighted by Crippen LogP contribution is -2.21. The van der Waals surface area contributed by atoms with Crippen LogP contribution >= 0.6 is 0 Å². The van der Waals surface area contributed by atoms with Crippen molar-refractivity contribution >= 4 is 0 Å². The van der Waals surface area contributed by atoms with Crippen molar-refractivity contribution in [3.05, 3.63) is 70.8 Å². The predicted octanol–water partition coefficient (Wildman–Crippen LogP) is 4.87. The zero-order chi connectivity index (χ0) is 17.5. The van der Waals surface area contributed by atoms with E-state index in [9.17, 15) is 5.11 Å². The number of ether oxygens (including phenoxy) is 1. The fourth-order valence-corrected chi connectivity index (χ4v) is 3.38. The van der Waals surface area contributed by atoms with Gasteiger partial charge in [-0.3, -0.25) is 0 Å². The van der Waals surface area contributed by atoms with Crippen LogP contribution in [0.1, 0.15) is 42.2 Å². The van der Waals surface area contributed by atoms with Gasteiger partial charge in [-0.15, -0.1) is 0 Å². The molecule has 0 radical (unpaired) electrons. The van der Waals surface area contributed by atoms with Crippen LogP contribution in [0.15, 0.2) is 48.5 Å². The van der Waals surface area contributed by atoms with Crippen LogP contribution in [0.3, 0.4) is 0 Å². The topological polar surface area (TPSA) is 29.5 Å². The van der Waals surface area contributed by atoms with E-state index in [-0.39, 0.29) is 18.6 Å². The van der Waals surface area contributed by atoms with Gasteiger partial charge in [-0.05, 0) is 48.4 Å². The van der Waals surface area contributed by atoms with Crippen molar-refractivity contribution in [3.63, 3.8) is 0 Å². The molecule has 3 rings (SSSR count). The molecule has 0 amide bonds. The van der Waals surface area contributed by atoms with Gasteiger partial charge in [0.1, 0.15) is 0 Å². The standard InChI is InChI=1S/C20H24O2.C2H6/c1-14-8-9-17(10-15(14)2)20-19(12-21)18(13-22-20)11-16-6-4-3-5-7-16;1-2/h3-10,18-21H,11-13H2,1-2H3;1-2H3/t18-,19-,20?;/m0./s1. The third-order valence-corrected chi connectivity index (χ3v) is 4.90. The molecule has 0 spiro atoms. The molecule has 2 nitrogen and oxygen atoms in total. The molecular formula is C22H30O2. The maximum Gasteiger partial charge on any atom is 0.0878 e. The number of aliphatic hydroxyl groups is 1. The minimum Gasteiger partial charge on any atom is -0.396 e. The second-order valence-corrected chi connectivity index (χ2v) is 6.39. The first-order chi connectivity index (χ1) is 11.7. The van der Waals surface area contributed by atoms with E-state index < -0.39 is 0 Å². The van der Waals surface area contributed by atoms with E-state index in [0.29, 0.717) is 5.92 Å². The first kappa shape index (κ1) is 18.7. The third-order valence-electron chi connectivity index (χ3n) is 4.90. The van der Waals surface area contributed by atoms with Crippen LogP contribution in [0, 0.1) is 25.7 Å². The van der Waals surface area contributed by atoms with E-state index in [4.69, 9.17) is 4.74 Å². The average molecular weight is 326 g/mol. The van der Waals surface area contributed by atoms with E-state index in [2.05, 4.69) is 56.3 Å². The molecule has 1 unspecified atom stereocenters. The zero-order valence-corrected chi connectivity index (χ0v) is 15.3. The maximum atomic E-state index is 9.89. The van der Waals surface area contributed by atoms with Crippen molar-refractivity contribution in [1.29, 1.82) is 0 Å². The fraction of sp³-hybridized carbons (Fsp3) is 0.455. The Bertz CT molecular complexity index is 621. The highest BCUT2D eigenvalue weighted by Crippen LogP contribution is 2.40. The van der Waals surface area contributed by atoms with Gasteiger partial charge in [0.25, 0.3) is 0 Å². The molecule has 2 aromatic carbocycles. The Morgan fingerprint density at radius 3 is 2.33 bits per heavy atom. The molecule has 1 N–H and O–H groups in total. The van der Waals surface area contributed by atoms with Gasteiger partial charge < -0.3 is 9.84 Å². The molecule has 0 saturated carbocycles. The van der Waals surface area contributed by atoms with Gasteiger partial charge in [-0.25, -0.2) is 0 Å². The number of hydrogen-bond acceptors (Lipinski definition) is 2. The Labute approximate surface area is 146 Å². The molecule has 130 valence electrons. The Morgan fingerprint density at radius 1 is 1.00 bits per heavy atom. The summed E-state index contributed by atoms with van der Waals surface area (Å²) in [5.74, 6) is 0.543. The summed E-state index contributed by atoms with van der Waals surface area (Å²) in [5, 5.41) is 9.89. The molecule has 0 aliphatic carbocycles. The molecule has 1 fully saturated rings. The summed E-state index contributed by atoms with van der Waals surface area (Å²) in [5.41, 5.74) is 5.08. The molecule has 1 aliphatic rings. The molecule has 1 heterocycles. The summed E-state index contributed by atoms with van der Waals surface area (Å²) in [6.45, 7) is 9.15. The first-order valence-corrected chi connectivity index (χ1v) is 9.02. The van der Waals surface area contributed by atoms with E-state index >= 15 is 0 Å². The molecule has 1 aliphatic heterocycles. The highest BCUT2D eigenvalue weighted by molar-refractivity contribution is 5.32. The maximum absolute atomic E-state index is 9.89. The largest absolute Gasteiger partial charge is 0.396 e. The van der Waals surface area contributed by atoms with Crippen molar-refractivity contribution in [2.45, 2.75) is 40.2 Å². The lowest BCUT2D eigenvalue weighted by Gasteiger charge is -2.22. The summed E-state index contributed by atoms with van der Waals surface area (Å²) in [6.07, 6.45) is 0.978. The molecule has 24 heavy (non-hydrogen) atoms. The molecule has 0 aromatic heterocycles. The van der Waals surface area contributed by atoms with Crippen LogP contribution in [0.4, 0.5) is 0 Å². The van der Waals surface area contributed by atoms with Crippen LogP contribution in [0.5, 0.6) is 0 Å². The number of aryl methyl sites for hydroxylation is 2. The minimum absolute atomic E-state index is 0.0120. The van der Waals surface area contributed by atoms with Crippen molar-refractivity contribution in [1.82, 2.24) is 0 Å². The van der Waals surface area contributed by atoms with Gasteiger partial charge >= 0.3 is 0 Å². The van der Waals surface area contributed by atoms with Gasteiger partial charge in [-0.1, -0.05) is 62.4 Å². The van der Waals surface area contributed by atoms with E-state index in [0.717, 1.165) is 13.0 Å². The second-order valence-electron chi connectivity index (χ2n) is 6.39. The summed E-state index contributed by atoms with van der Waals surface area (Å²) in [7, 11) is 0. The highest BCUT2D eigenvalue weighted by Gasteiger charge is 2.37. The molecule has 3 atom stereocenters. The zero-order valence-electron chi connectivity index (χ0n) is 15.3. The second kappa shape index (κ2) is 9.00. The van der Waals surface area contributed by atoms with E-state index in [1.54, 1.807) is 0 Å². The molecule has 2 aromatic rings.